The summed E-state index contributed by atoms with van der Waals surface area (Å²) in [5.74, 6) is -1.89. The third-order valence-electron chi connectivity index (χ3n) is 8.44. The van der Waals surface area contributed by atoms with Gasteiger partial charge in [-0.05, 0) is 43.8 Å². The number of ether oxygens (including phenoxy) is 3. The molecule has 0 amide bonds. The van der Waals surface area contributed by atoms with Gasteiger partial charge in [0.05, 0.1) is 41.9 Å². The summed E-state index contributed by atoms with van der Waals surface area (Å²) in [5, 5.41) is 24.3. The summed E-state index contributed by atoms with van der Waals surface area (Å²) < 4.78 is 17.1. The molecule has 0 aliphatic carbocycles. The number of nitrogens with zero attached hydrogens (tertiary/aromatic N) is 1. The molecule has 7 atom stereocenters. The monoisotopic (exact) mass is 593 g/mol. The average molecular weight is 594 g/mol. The van der Waals surface area contributed by atoms with E-state index in [1.807, 2.05) is 32.2 Å². The number of carbonyl (C=O) groups excluding carboxylic acids is 3. The number of fused-ring (bicyclic) bond motifs is 1. The van der Waals surface area contributed by atoms with Crippen LogP contribution in [0.3, 0.4) is 0 Å². The number of carbonyl (C=O) groups is 3. The number of thiazole rings is 1. The van der Waals surface area contributed by atoms with Crippen LogP contribution in [0.25, 0.3) is 6.08 Å². The van der Waals surface area contributed by atoms with Gasteiger partial charge >= 0.3 is 11.9 Å². The van der Waals surface area contributed by atoms with E-state index in [-0.39, 0.29) is 42.9 Å². The zero-order chi connectivity index (χ0) is 30.3. The van der Waals surface area contributed by atoms with Crippen molar-refractivity contribution >= 4 is 35.1 Å². The first-order valence-corrected chi connectivity index (χ1v) is 15.7. The molecule has 2 fully saturated rings. The predicted octanol–water partition coefficient (Wildman–Crippen LogP) is 5.01. The Morgan fingerprint density at radius 3 is 2.66 bits per heavy atom. The number of unbranched alkanes of at least 4 members (excludes halogenated alkanes) is 1. The molecule has 2 aliphatic rings. The fourth-order valence-electron chi connectivity index (χ4n) is 5.33. The summed E-state index contributed by atoms with van der Waals surface area (Å²) in [6, 6.07) is 0. The number of epoxide rings is 1. The van der Waals surface area contributed by atoms with Gasteiger partial charge in [-0.25, -0.2) is 4.98 Å². The van der Waals surface area contributed by atoms with E-state index in [1.54, 1.807) is 20.8 Å². The maximum absolute atomic E-state index is 13.3. The van der Waals surface area contributed by atoms with Crippen molar-refractivity contribution in [2.45, 2.75) is 130 Å². The summed E-state index contributed by atoms with van der Waals surface area (Å²) in [4.78, 5) is 42.7. The second-order valence-corrected chi connectivity index (χ2v) is 13.2. The van der Waals surface area contributed by atoms with Crippen LogP contribution >= 0.6 is 11.3 Å². The minimum Gasteiger partial charge on any atom is -0.458 e. The highest BCUT2D eigenvalue weighted by Gasteiger charge is 2.44. The maximum Gasteiger partial charge on any atom is 0.309 e. The molecule has 10 heteroatoms. The molecule has 230 valence electrons. The fraction of sp³-hybridized carbons (Fsp3) is 0.742. The van der Waals surface area contributed by atoms with Gasteiger partial charge in [-0.2, -0.15) is 0 Å². The molecular formula is C31H47NO8S. The highest BCUT2D eigenvalue weighted by molar-refractivity contribution is 7.09. The molecular weight excluding hydrogens is 546 g/mol. The Balaban J connectivity index is 1.74. The van der Waals surface area contributed by atoms with E-state index in [0.29, 0.717) is 23.5 Å². The minimum atomic E-state index is -1.27. The maximum atomic E-state index is 13.3. The van der Waals surface area contributed by atoms with Crippen molar-refractivity contribution < 1.29 is 38.8 Å². The minimum absolute atomic E-state index is 0.0538. The van der Waals surface area contributed by atoms with Crippen molar-refractivity contribution in [3.05, 3.63) is 21.7 Å². The van der Waals surface area contributed by atoms with Crippen molar-refractivity contribution in [2.75, 3.05) is 0 Å². The predicted molar refractivity (Wildman–Crippen MR) is 156 cm³/mol. The number of aliphatic hydroxyl groups excluding tert-OH is 2. The summed E-state index contributed by atoms with van der Waals surface area (Å²) >= 11 is 1.39. The fourth-order valence-corrected chi connectivity index (χ4v) is 5.99. The van der Waals surface area contributed by atoms with Gasteiger partial charge in [-0.3, -0.25) is 14.4 Å². The van der Waals surface area contributed by atoms with Gasteiger partial charge < -0.3 is 24.4 Å². The van der Waals surface area contributed by atoms with Crippen LogP contribution in [0, 0.1) is 17.3 Å². The summed E-state index contributed by atoms with van der Waals surface area (Å²) in [5.41, 5.74) is 0.218. The van der Waals surface area contributed by atoms with Crippen LogP contribution in [0.5, 0.6) is 0 Å². The zero-order valence-electron chi connectivity index (χ0n) is 25.3. The van der Waals surface area contributed by atoms with Gasteiger partial charge in [-0.1, -0.05) is 47.5 Å². The second kappa shape index (κ2) is 14.8. The lowest BCUT2D eigenvalue weighted by molar-refractivity contribution is -0.154. The van der Waals surface area contributed by atoms with Crippen molar-refractivity contribution in [2.24, 2.45) is 17.3 Å². The molecule has 2 N–H and O–H groups in total. The largest absolute Gasteiger partial charge is 0.458 e. The molecule has 3 rings (SSSR count). The molecule has 0 radical (unpaired) electrons. The number of hydrogen-bond donors (Lipinski definition) is 2. The lowest BCUT2D eigenvalue weighted by Crippen LogP contribution is -2.45. The van der Waals surface area contributed by atoms with Crippen LogP contribution in [0.4, 0.5) is 0 Å². The van der Waals surface area contributed by atoms with Crippen LogP contribution < -0.4 is 0 Å². The molecule has 3 heterocycles. The van der Waals surface area contributed by atoms with Gasteiger partial charge in [0.1, 0.15) is 23.5 Å². The molecule has 0 saturated carbocycles. The molecule has 1 aromatic rings. The molecule has 2 saturated heterocycles. The number of aliphatic hydroxyl groups is 2. The highest BCUT2D eigenvalue weighted by Crippen LogP contribution is 2.36. The van der Waals surface area contributed by atoms with Crippen molar-refractivity contribution in [3.8, 4) is 0 Å². The Bertz CT molecular complexity index is 1080. The SMILES string of the molecule is CCCCC(=O)OCc1nc(C=C(C)C2CC3OC3CCCC(C)C(O)C(C)C(=O)C(C)(C)C(O)CC(=O)O2)cs1. The van der Waals surface area contributed by atoms with E-state index in [4.69, 9.17) is 14.2 Å². The molecule has 0 bridgehead atoms. The van der Waals surface area contributed by atoms with E-state index in [0.717, 1.165) is 37.7 Å². The number of ketones is 1. The smallest absolute Gasteiger partial charge is 0.309 e. The Morgan fingerprint density at radius 2 is 1.95 bits per heavy atom. The number of aromatic nitrogens is 1. The number of esters is 2. The summed E-state index contributed by atoms with van der Waals surface area (Å²) in [7, 11) is 0. The molecule has 0 spiro atoms. The van der Waals surface area contributed by atoms with E-state index >= 15 is 0 Å². The lowest BCUT2D eigenvalue weighted by atomic mass is 9.73. The normalized spacial score (nSPS) is 31.7. The number of hydrogen-bond acceptors (Lipinski definition) is 10. The summed E-state index contributed by atoms with van der Waals surface area (Å²) in [6.45, 7) is 10.8. The van der Waals surface area contributed by atoms with Gasteiger partial charge in [0.15, 0.2) is 0 Å². The Hall–Kier alpha value is -2.14. The van der Waals surface area contributed by atoms with E-state index in [2.05, 4.69) is 4.98 Å². The lowest BCUT2D eigenvalue weighted by Gasteiger charge is -2.34. The number of rotatable bonds is 7. The first-order valence-electron chi connectivity index (χ1n) is 14.9. The van der Waals surface area contributed by atoms with Gasteiger partial charge in [0.2, 0.25) is 0 Å². The van der Waals surface area contributed by atoms with Gasteiger partial charge in [-0.15, -0.1) is 11.3 Å². The molecule has 2 aliphatic heterocycles. The molecule has 1 aromatic heterocycles. The van der Waals surface area contributed by atoms with Crippen LogP contribution in [0.2, 0.25) is 0 Å². The van der Waals surface area contributed by atoms with Crippen LogP contribution in [-0.2, 0) is 35.2 Å². The first kappa shape index (κ1) is 33.4. The van der Waals surface area contributed by atoms with Crippen LogP contribution in [0.1, 0.15) is 104 Å². The van der Waals surface area contributed by atoms with E-state index in [1.165, 1.54) is 11.3 Å². The van der Waals surface area contributed by atoms with Gasteiger partial charge in [0, 0.05) is 24.1 Å². The topological polar surface area (TPSA) is 136 Å². The number of Topliss-reactive ketones (excluding diaryl/α,β-unsaturated/α-hetero) is 1. The van der Waals surface area contributed by atoms with Crippen LogP contribution in [0.15, 0.2) is 11.0 Å². The Kier molecular flexibility index (Phi) is 12.1. The molecule has 0 aromatic carbocycles. The second-order valence-electron chi connectivity index (χ2n) is 12.2. The van der Waals surface area contributed by atoms with Crippen molar-refractivity contribution in [3.63, 3.8) is 0 Å². The standard InChI is InChI=1S/C31H47NO8S/c1-7-8-12-27(34)38-16-26-32-21(17-41-26)13-19(3)23-14-24-22(39-24)11-9-10-18(2)29(36)20(4)30(37)31(5,6)25(33)15-28(35)40-23/h13,17-18,20,22-25,29,33,36H,7-12,14-16H2,1-6H3. The van der Waals surface area contributed by atoms with Crippen molar-refractivity contribution in [1.29, 1.82) is 0 Å². The Labute approximate surface area is 247 Å². The average Bonchev–Trinajstić information content (AvgIpc) is 3.51. The third-order valence-corrected chi connectivity index (χ3v) is 9.28. The van der Waals surface area contributed by atoms with Crippen LogP contribution in [-0.4, -0.2) is 63.4 Å². The Morgan fingerprint density at radius 1 is 1.22 bits per heavy atom. The van der Waals surface area contributed by atoms with Crippen molar-refractivity contribution in [1.82, 2.24) is 4.98 Å². The zero-order valence-corrected chi connectivity index (χ0v) is 26.1. The quantitative estimate of drug-likeness (QED) is 0.330. The number of cyclic esters (lactones) is 1. The highest BCUT2D eigenvalue weighted by atomic mass is 32.1. The molecule has 9 nitrogen and oxygen atoms in total. The molecule has 41 heavy (non-hydrogen) atoms. The first-order chi connectivity index (χ1) is 19.3. The third kappa shape index (κ3) is 9.43. The van der Waals surface area contributed by atoms with Gasteiger partial charge in [0.25, 0.3) is 0 Å². The van der Waals surface area contributed by atoms with E-state index < -0.39 is 35.6 Å². The van der Waals surface area contributed by atoms with E-state index in [9.17, 15) is 24.6 Å². The molecule has 7 unspecified atom stereocenters. The summed E-state index contributed by atoms with van der Waals surface area (Å²) in [6.07, 6.45) is 3.82.